The molecular weight excluding hydrogens is 865 g/mol. The summed E-state index contributed by atoms with van der Waals surface area (Å²) in [5.41, 5.74) is 0. The van der Waals surface area contributed by atoms with E-state index >= 15 is 0 Å². The summed E-state index contributed by atoms with van der Waals surface area (Å²) in [5, 5.41) is 0.00172. The SMILES string of the molecule is CC.CC.CC.CC.CC.CC.Clc1nc(Oc2ccccc2)nc(Oc2ccccc2)n1.[I][V]([I])[I]. The molecule has 1 aromatic heterocycles. The van der Waals surface area contributed by atoms with Gasteiger partial charge in [-0.3, -0.25) is 0 Å². The van der Waals surface area contributed by atoms with Gasteiger partial charge in [-0.05, 0) is 35.9 Å². The van der Waals surface area contributed by atoms with Gasteiger partial charge in [-0.1, -0.05) is 119 Å². The van der Waals surface area contributed by atoms with Crippen LogP contribution in [0.2, 0.25) is 5.28 Å². The first-order valence-electron chi connectivity index (χ1n) is 12.7. The Morgan fingerprint density at radius 2 is 0.757 bits per heavy atom. The predicted octanol–water partition coefficient (Wildman–Crippen LogP) is 12.9. The van der Waals surface area contributed by atoms with Gasteiger partial charge in [-0.15, -0.1) is 4.98 Å². The van der Waals surface area contributed by atoms with Crippen LogP contribution in [0.15, 0.2) is 60.7 Å². The van der Waals surface area contributed by atoms with E-state index in [0.29, 0.717) is 11.5 Å². The third-order valence-electron chi connectivity index (χ3n) is 2.47. The van der Waals surface area contributed by atoms with Crippen LogP contribution in [-0.4, -0.2) is 15.0 Å². The maximum atomic E-state index is 5.86. The third-order valence-corrected chi connectivity index (χ3v) is 2.64. The molecule has 2 aromatic carbocycles. The molecule has 0 saturated carbocycles. The van der Waals surface area contributed by atoms with Gasteiger partial charge in [0.15, 0.2) is 0 Å². The molecule has 0 bridgehead atoms. The number of hydrogen-bond donors (Lipinski definition) is 0. The van der Waals surface area contributed by atoms with E-state index in [0.717, 1.165) is 0 Å². The zero-order chi connectivity index (χ0) is 30.1. The summed E-state index contributed by atoms with van der Waals surface area (Å²) in [6, 6.07) is 18.5. The number of halogens is 4. The number of ether oxygens (including phenoxy) is 2. The Kier molecular flexibility index (Phi) is 51.5. The van der Waals surface area contributed by atoms with Crippen molar-refractivity contribution in [2.24, 2.45) is 0 Å². The van der Waals surface area contributed by atoms with Crippen molar-refractivity contribution < 1.29 is 14.4 Å². The summed E-state index contributed by atoms with van der Waals surface area (Å²) in [5.74, 6) is 1.20. The topological polar surface area (TPSA) is 57.1 Å². The normalized spacial score (nSPS) is 7.70. The molecule has 1 heterocycles. The molecule has 0 radical (unpaired) electrons. The molecule has 10 heteroatoms. The minimum atomic E-state index is -0.278. The van der Waals surface area contributed by atoms with Crippen molar-refractivity contribution in [3.8, 4) is 23.5 Å². The molecule has 0 spiro atoms. The van der Waals surface area contributed by atoms with E-state index < -0.39 is 0 Å². The van der Waals surface area contributed by atoms with Crippen molar-refractivity contribution in [2.45, 2.75) is 83.1 Å². The maximum absolute atomic E-state index is 5.86. The molecule has 3 rings (SSSR count). The summed E-state index contributed by atoms with van der Waals surface area (Å²) in [7, 11) is 0. The minimum absolute atomic E-state index is 0.00172. The fraction of sp³-hybridized carbons (Fsp3) is 0.444. The molecule has 0 aliphatic heterocycles. The Balaban J connectivity index is -0.000000181. The number of rotatable bonds is 4. The Morgan fingerprint density at radius 3 is 1.00 bits per heavy atom. The van der Waals surface area contributed by atoms with Gasteiger partial charge in [-0.2, -0.15) is 9.97 Å². The van der Waals surface area contributed by atoms with Gasteiger partial charge in [0.25, 0.3) is 0 Å². The molecule has 3 aromatic rings. The molecule has 0 aliphatic carbocycles. The second-order valence-corrected chi connectivity index (χ2v) is 39.9. The molecule has 214 valence electrons. The summed E-state index contributed by atoms with van der Waals surface area (Å²) >= 11 is 13.2. The van der Waals surface area contributed by atoms with Gasteiger partial charge in [-0.25, -0.2) is 0 Å². The van der Waals surface area contributed by atoms with Crippen LogP contribution < -0.4 is 9.47 Å². The number of aromatic nitrogens is 3. The summed E-state index contributed by atoms with van der Waals surface area (Å²) in [4.78, 5) is 11.6. The van der Waals surface area contributed by atoms with Gasteiger partial charge in [0.2, 0.25) is 5.28 Å². The van der Waals surface area contributed by atoms with Gasteiger partial charge < -0.3 is 9.47 Å². The van der Waals surface area contributed by atoms with Crippen LogP contribution in [0.5, 0.6) is 23.5 Å². The fourth-order valence-electron chi connectivity index (χ4n) is 1.59. The zero-order valence-corrected chi connectivity index (χ0v) is 33.0. The summed E-state index contributed by atoms with van der Waals surface area (Å²) in [6.45, 7) is 24.0. The molecule has 0 N–H and O–H groups in total. The monoisotopic (exact) mass is 911 g/mol. The first kappa shape index (κ1) is 46.9. The van der Waals surface area contributed by atoms with E-state index in [-0.39, 0.29) is 22.2 Å². The molecule has 0 saturated heterocycles. The van der Waals surface area contributed by atoms with E-state index in [9.17, 15) is 0 Å². The summed E-state index contributed by atoms with van der Waals surface area (Å²) in [6.07, 6.45) is 0. The average Bonchev–Trinajstić information content (AvgIpc) is 2.96. The van der Waals surface area contributed by atoms with Crippen LogP contribution in [0.1, 0.15) is 83.1 Å². The molecule has 0 unspecified atom stereocenters. The van der Waals surface area contributed by atoms with Crippen LogP contribution in [-0.2, 0) is 4.92 Å². The standard InChI is InChI=1S/C15H10ClN3O2.6C2H6.3HI.V/c16-13-17-14(20-11-7-3-1-4-8-11)19-15(18-13)21-12-9-5-2-6-10-12;6*1-2;;;;/h1-10H;6*1-2H3;3*1H;/q;;;;;;;;;;+3/p-3. The number of nitrogens with zero attached hydrogens (tertiary/aromatic N) is 3. The van der Waals surface area contributed by atoms with Crippen molar-refractivity contribution in [2.75, 3.05) is 0 Å². The van der Waals surface area contributed by atoms with Gasteiger partial charge in [0, 0.05) is 0 Å². The van der Waals surface area contributed by atoms with Crippen LogP contribution in [0.3, 0.4) is 0 Å². The number of hydrogen-bond acceptors (Lipinski definition) is 5. The molecule has 37 heavy (non-hydrogen) atoms. The first-order chi connectivity index (χ1) is 18.0. The Labute approximate surface area is 270 Å². The van der Waals surface area contributed by atoms with Crippen LogP contribution in [0.25, 0.3) is 0 Å². The quantitative estimate of drug-likeness (QED) is 0.244. The average molecular weight is 912 g/mol. The molecular formula is C27H46ClI3N3O2V. The van der Waals surface area contributed by atoms with Crippen LogP contribution >= 0.6 is 71.5 Å². The molecule has 0 fully saturated rings. The van der Waals surface area contributed by atoms with Crippen molar-refractivity contribution in [1.29, 1.82) is 0 Å². The molecule has 0 atom stereocenters. The predicted molar refractivity (Wildman–Crippen MR) is 188 cm³/mol. The van der Waals surface area contributed by atoms with E-state index in [1.807, 2.05) is 119 Å². The molecule has 5 nitrogen and oxygen atoms in total. The van der Waals surface area contributed by atoms with Crippen LogP contribution in [0.4, 0.5) is 0 Å². The Bertz CT molecular complexity index is 730. The van der Waals surface area contributed by atoms with E-state index in [2.05, 4.69) is 74.9 Å². The van der Waals surface area contributed by atoms with Gasteiger partial charge in [0.05, 0.1) is 0 Å². The van der Waals surface area contributed by atoms with Crippen molar-refractivity contribution in [3.05, 3.63) is 65.9 Å². The van der Waals surface area contributed by atoms with E-state index in [4.69, 9.17) is 21.1 Å². The first-order valence-corrected chi connectivity index (χ1v) is 26.6. The van der Waals surface area contributed by atoms with Crippen molar-refractivity contribution in [1.82, 2.24) is 15.0 Å². The van der Waals surface area contributed by atoms with Crippen molar-refractivity contribution in [3.63, 3.8) is 0 Å². The second-order valence-electron chi connectivity index (χ2n) is 4.19. The number of benzene rings is 2. The zero-order valence-electron chi connectivity index (χ0n) is 24.4. The second kappa shape index (κ2) is 40.6. The van der Waals surface area contributed by atoms with Gasteiger partial charge >= 0.3 is 76.9 Å². The third kappa shape index (κ3) is 32.2. The molecule has 0 aliphatic rings. The van der Waals surface area contributed by atoms with E-state index in [1.54, 1.807) is 24.3 Å². The van der Waals surface area contributed by atoms with Gasteiger partial charge in [0.1, 0.15) is 11.5 Å². The van der Waals surface area contributed by atoms with Crippen LogP contribution in [0, 0.1) is 0 Å². The fourth-order valence-corrected chi connectivity index (χ4v) is 1.74. The molecule has 0 amide bonds. The van der Waals surface area contributed by atoms with E-state index in [1.165, 1.54) is 0 Å². The Hall–Kier alpha value is 0.114. The summed E-state index contributed by atoms with van der Waals surface area (Å²) < 4.78 is 11.0. The Morgan fingerprint density at radius 1 is 0.514 bits per heavy atom. The van der Waals surface area contributed by atoms with Crippen molar-refractivity contribution >= 4 is 71.5 Å². The number of para-hydroxylation sites is 2.